The van der Waals surface area contributed by atoms with Gasteiger partial charge in [-0.3, -0.25) is 9.59 Å². The maximum atomic E-state index is 12.8. The van der Waals surface area contributed by atoms with Crippen molar-refractivity contribution in [3.05, 3.63) is 52.5 Å². The maximum absolute atomic E-state index is 12.8. The molecule has 2 saturated heterocycles. The molecule has 2 amide bonds. The smallest absolute Gasteiger partial charge is 0.264 e. The molecule has 2 aliphatic rings. The minimum atomic E-state index is -0.132. The molecule has 0 radical (unpaired) electrons. The van der Waals surface area contributed by atoms with Gasteiger partial charge >= 0.3 is 0 Å². The van der Waals surface area contributed by atoms with E-state index >= 15 is 0 Å². The van der Waals surface area contributed by atoms with Crippen molar-refractivity contribution in [2.75, 3.05) is 32.1 Å². The Morgan fingerprint density at radius 2 is 2.09 bits per heavy atom. The third kappa shape index (κ3) is 4.28. The molecule has 3 aromatic rings. The van der Waals surface area contributed by atoms with Crippen LogP contribution >= 0.6 is 22.7 Å². The highest BCUT2D eigenvalue weighted by molar-refractivity contribution is 7.18. The van der Waals surface area contributed by atoms with Gasteiger partial charge in [-0.15, -0.1) is 22.7 Å². The summed E-state index contributed by atoms with van der Waals surface area (Å²) >= 11 is 3.00. The van der Waals surface area contributed by atoms with Gasteiger partial charge < -0.3 is 20.3 Å². The Bertz CT molecular complexity index is 1130. The molecule has 9 heteroatoms. The number of benzene rings is 1. The molecule has 2 fully saturated rings. The SMILES string of the molecule is COc1cccc(-c2cnc(C3CN(C(=O)c4ccc(NC(=O)[C@@H]5CCCN5)s4)C3)s2)c1. The maximum Gasteiger partial charge on any atom is 0.264 e. The largest absolute Gasteiger partial charge is 0.497 e. The molecule has 0 spiro atoms. The Morgan fingerprint density at radius 1 is 1.22 bits per heavy atom. The van der Waals surface area contributed by atoms with E-state index in [9.17, 15) is 9.59 Å². The van der Waals surface area contributed by atoms with Crippen LogP contribution in [0.5, 0.6) is 5.75 Å². The van der Waals surface area contributed by atoms with Crippen molar-refractivity contribution in [3.8, 4) is 16.2 Å². The summed E-state index contributed by atoms with van der Waals surface area (Å²) in [5.41, 5.74) is 1.08. The van der Waals surface area contributed by atoms with Gasteiger partial charge in [0, 0.05) is 25.2 Å². The number of ether oxygens (including phenoxy) is 1. The van der Waals surface area contributed by atoms with Crippen LogP contribution in [0.4, 0.5) is 5.00 Å². The minimum Gasteiger partial charge on any atom is -0.497 e. The highest BCUT2D eigenvalue weighted by Crippen LogP contribution is 2.36. The van der Waals surface area contributed by atoms with E-state index in [0.717, 1.165) is 40.6 Å². The normalized spacial score (nSPS) is 18.4. The number of hydrogen-bond acceptors (Lipinski definition) is 7. The van der Waals surface area contributed by atoms with Gasteiger partial charge in [0.25, 0.3) is 5.91 Å². The molecule has 1 aromatic carbocycles. The predicted molar refractivity (Wildman–Crippen MR) is 127 cm³/mol. The molecule has 0 bridgehead atoms. The van der Waals surface area contributed by atoms with Crippen molar-refractivity contribution in [3.63, 3.8) is 0 Å². The molecular formula is C23H24N4O3S2. The van der Waals surface area contributed by atoms with E-state index in [1.54, 1.807) is 24.5 Å². The Kier molecular flexibility index (Phi) is 5.95. The summed E-state index contributed by atoms with van der Waals surface area (Å²) in [5, 5.41) is 7.88. The number of nitrogens with one attached hydrogen (secondary N) is 2. The van der Waals surface area contributed by atoms with Gasteiger partial charge in [0.1, 0.15) is 5.75 Å². The zero-order valence-corrected chi connectivity index (χ0v) is 19.3. The molecule has 2 aromatic heterocycles. The summed E-state index contributed by atoms with van der Waals surface area (Å²) in [6.45, 7) is 2.20. The Morgan fingerprint density at radius 3 is 2.88 bits per heavy atom. The molecule has 166 valence electrons. The van der Waals surface area contributed by atoms with Crippen LogP contribution in [0.1, 0.15) is 33.4 Å². The summed E-state index contributed by atoms with van der Waals surface area (Å²) in [6.07, 6.45) is 3.77. The zero-order chi connectivity index (χ0) is 22.1. The second-order valence-electron chi connectivity index (χ2n) is 8.00. The van der Waals surface area contributed by atoms with Crippen molar-refractivity contribution in [2.24, 2.45) is 0 Å². The number of amides is 2. The first-order chi connectivity index (χ1) is 15.6. The van der Waals surface area contributed by atoms with Gasteiger partial charge in [0.05, 0.1) is 32.9 Å². The van der Waals surface area contributed by atoms with E-state index in [1.807, 2.05) is 41.4 Å². The topological polar surface area (TPSA) is 83.6 Å². The number of methoxy groups -OCH3 is 1. The summed E-state index contributed by atoms with van der Waals surface area (Å²) in [7, 11) is 1.66. The van der Waals surface area contributed by atoms with E-state index in [1.165, 1.54) is 11.3 Å². The first kappa shape index (κ1) is 21.1. The van der Waals surface area contributed by atoms with Gasteiger partial charge in [-0.1, -0.05) is 12.1 Å². The Balaban J connectivity index is 1.17. The van der Waals surface area contributed by atoms with Gasteiger partial charge in [-0.05, 0) is 49.2 Å². The number of likely N-dealkylation sites (tertiary alicyclic amines) is 1. The van der Waals surface area contributed by atoms with Crippen molar-refractivity contribution in [1.29, 1.82) is 0 Å². The molecule has 2 aliphatic heterocycles. The van der Waals surface area contributed by atoms with Crippen LogP contribution in [-0.4, -0.2) is 54.5 Å². The standard InChI is InChI=1S/C23H24N4O3S2/c1-30-16-5-2-4-14(10-16)19-11-25-22(32-19)15-12-27(13-15)23(29)18-7-8-20(31-18)26-21(28)17-6-3-9-24-17/h2,4-5,7-8,10-11,15,17,24H,3,6,9,12-13H2,1H3,(H,26,28)/t17-/m0/s1. The molecule has 32 heavy (non-hydrogen) atoms. The Hall–Kier alpha value is -2.75. The molecule has 0 saturated carbocycles. The molecule has 0 unspecified atom stereocenters. The lowest BCUT2D eigenvalue weighted by Gasteiger charge is -2.37. The van der Waals surface area contributed by atoms with Crippen molar-refractivity contribution >= 4 is 39.5 Å². The fraction of sp³-hybridized carbons (Fsp3) is 0.348. The molecule has 7 nitrogen and oxygen atoms in total. The van der Waals surface area contributed by atoms with Crippen LogP contribution in [0.3, 0.4) is 0 Å². The van der Waals surface area contributed by atoms with Crippen molar-refractivity contribution in [2.45, 2.75) is 24.8 Å². The number of anilines is 1. The minimum absolute atomic E-state index is 0.00955. The fourth-order valence-corrected chi connectivity index (χ4v) is 5.85. The van der Waals surface area contributed by atoms with Gasteiger partial charge in [-0.2, -0.15) is 0 Å². The lowest BCUT2D eigenvalue weighted by atomic mass is 10.0. The van der Waals surface area contributed by atoms with Crippen LogP contribution in [-0.2, 0) is 4.79 Å². The number of rotatable bonds is 6. The molecular weight excluding hydrogens is 444 g/mol. The number of hydrogen-bond donors (Lipinski definition) is 2. The van der Waals surface area contributed by atoms with E-state index in [2.05, 4.69) is 15.6 Å². The average molecular weight is 469 g/mol. The molecule has 1 atom stereocenters. The molecule has 4 heterocycles. The number of carbonyl (C=O) groups excluding carboxylic acids is 2. The summed E-state index contributed by atoms with van der Waals surface area (Å²) < 4.78 is 5.31. The highest BCUT2D eigenvalue weighted by atomic mass is 32.1. The number of nitrogens with zero attached hydrogens (tertiary/aromatic N) is 2. The second-order valence-corrected chi connectivity index (χ2v) is 10.1. The fourth-order valence-electron chi connectivity index (χ4n) is 3.98. The number of carbonyl (C=O) groups is 2. The lowest BCUT2D eigenvalue weighted by molar-refractivity contribution is -0.117. The van der Waals surface area contributed by atoms with E-state index in [0.29, 0.717) is 23.0 Å². The Labute approximate surface area is 194 Å². The monoisotopic (exact) mass is 468 g/mol. The molecule has 0 aliphatic carbocycles. The zero-order valence-electron chi connectivity index (χ0n) is 17.7. The van der Waals surface area contributed by atoms with Crippen LogP contribution in [0, 0.1) is 0 Å². The second kappa shape index (κ2) is 9.01. The predicted octanol–water partition coefficient (Wildman–Crippen LogP) is 3.81. The number of thiazole rings is 1. The lowest BCUT2D eigenvalue weighted by Crippen LogP contribution is -2.48. The highest BCUT2D eigenvalue weighted by Gasteiger charge is 2.35. The summed E-state index contributed by atoms with van der Waals surface area (Å²) in [6, 6.07) is 11.4. The summed E-state index contributed by atoms with van der Waals surface area (Å²) in [4.78, 5) is 33.3. The molecule has 5 rings (SSSR count). The van der Waals surface area contributed by atoms with Gasteiger partial charge in [0.15, 0.2) is 0 Å². The third-order valence-electron chi connectivity index (χ3n) is 5.84. The summed E-state index contributed by atoms with van der Waals surface area (Å²) in [5.74, 6) is 1.07. The van der Waals surface area contributed by atoms with Gasteiger partial charge in [-0.25, -0.2) is 4.98 Å². The molecule has 2 N–H and O–H groups in total. The van der Waals surface area contributed by atoms with Crippen molar-refractivity contribution < 1.29 is 14.3 Å². The van der Waals surface area contributed by atoms with Crippen LogP contribution in [0.25, 0.3) is 10.4 Å². The van der Waals surface area contributed by atoms with Crippen molar-refractivity contribution in [1.82, 2.24) is 15.2 Å². The van der Waals surface area contributed by atoms with E-state index in [-0.39, 0.29) is 23.8 Å². The van der Waals surface area contributed by atoms with Gasteiger partial charge in [0.2, 0.25) is 5.91 Å². The van der Waals surface area contributed by atoms with E-state index < -0.39 is 0 Å². The average Bonchev–Trinajstić information content (AvgIpc) is 3.54. The third-order valence-corrected chi connectivity index (χ3v) is 8.03. The van der Waals surface area contributed by atoms with Crippen LogP contribution < -0.4 is 15.4 Å². The number of aromatic nitrogens is 1. The van der Waals surface area contributed by atoms with Crippen LogP contribution in [0.15, 0.2) is 42.6 Å². The first-order valence-electron chi connectivity index (χ1n) is 10.6. The quantitative estimate of drug-likeness (QED) is 0.575. The van der Waals surface area contributed by atoms with Crippen LogP contribution in [0.2, 0.25) is 0 Å². The number of thiophene rings is 1. The first-order valence-corrected chi connectivity index (χ1v) is 12.3. The van der Waals surface area contributed by atoms with E-state index in [4.69, 9.17) is 4.74 Å².